The number of rotatable bonds is 11. The molecular formula is C18H23Cl3O4. The topological polar surface area (TPSA) is 52.6 Å². The Labute approximate surface area is 163 Å². The highest BCUT2D eigenvalue weighted by Gasteiger charge is 2.11. The minimum atomic E-state index is -0.414. The van der Waals surface area contributed by atoms with Gasteiger partial charge in [-0.1, -0.05) is 61.0 Å². The van der Waals surface area contributed by atoms with E-state index in [4.69, 9.17) is 44.3 Å². The first-order chi connectivity index (χ1) is 11.9. The number of hydrogen-bond acceptors (Lipinski definition) is 4. The highest BCUT2D eigenvalue weighted by molar-refractivity contribution is 6.48. The monoisotopic (exact) mass is 408 g/mol. The lowest BCUT2D eigenvalue weighted by atomic mass is 10.2. The second-order valence-electron chi connectivity index (χ2n) is 5.66. The SMILES string of the molecule is CCCCCCOC(=O)CCCCC(=O)Oc1cc(Cl)c(Cl)c(Cl)c1. The van der Waals surface area contributed by atoms with E-state index in [-0.39, 0.29) is 33.2 Å². The Kier molecular flexibility index (Phi) is 10.9. The molecule has 0 saturated heterocycles. The molecule has 0 aliphatic heterocycles. The lowest BCUT2D eigenvalue weighted by Gasteiger charge is -2.07. The van der Waals surface area contributed by atoms with E-state index in [0.29, 0.717) is 25.9 Å². The molecule has 0 aromatic heterocycles. The maximum atomic E-state index is 11.8. The van der Waals surface area contributed by atoms with Gasteiger partial charge in [0.05, 0.1) is 21.7 Å². The van der Waals surface area contributed by atoms with Gasteiger partial charge in [0.15, 0.2) is 0 Å². The zero-order valence-corrected chi connectivity index (χ0v) is 16.6. The Morgan fingerprint density at radius 2 is 1.48 bits per heavy atom. The van der Waals surface area contributed by atoms with Crippen molar-refractivity contribution >= 4 is 46.7 Å². The van der Waals surface area contributed by atoms with E-state index >= 15 is 0 Å². The third kappa shape index (κ3) is 9.34. The van der Waals surface area contributed by atoms with Gasteiger partial charge < -0.3 is 9.47 Å². The summed E-state index contributed by atoms with van der Waals surface area (Å²) in [7, 11) is 0. The largest absolute Gasteiger partial charge is 0.466 e. The van der Waals surface area contributed by atoms with Crippen LogP contribution < -0.4 is 4.74 Å². The van der Waals surface area contributed by atoms with E-state index in [1.54, 1.807) is 0 Å². The smallest absolute Gasteiger partial charge is 0.311 e. The molecule has 7 heteroatoms. The number of hydrogen-bond donors (Lipinski definition) is 0. The summed E-state index contributed by atoms with van der Waals surface area (Å²) in [5.74, 6) is -0.389. The normalized spacial score (nSPS) is 10.6. The van der Waals surface area contributed by atoms with Gasteiger partial charge in [-0.25, -0.2) is 0 Å². The third-order valence-electron chi connectivity index (χ3n) is 3.46. The molecule has 1 aromatic carbocycles. The molecule has 1 aromatic rings. The second kappa shape index (κ2) is 12.4. The number of unbranched alkanes of at least 4 members (excludes halogenated alkanes) is 4. The lowest BCUT2D eigenvalue weighted by Crippen LogP contribution is -2.09. The van der Waals surface area contributed by atoms with Crippen LogP contribution in [0.2, 0.25) is 15.1 Å². The Balaban J connectivity index is 2.17. The Morgan fingerprint density at radius 3 is 2.08 bits per heavy atom. The van der Waals surface area contributed by atoms with Crippen molar-refractivity contribution in [1.29, 1.82) is 0 Å². The van der Waals surface area contributed by atoms with Crippen molar-refractivity contribution in [2.24, 2.45) is 0 Å². The number of carbonyl (C=O) groups excluding carboxylic acids is 2. The zero-order valence-electron chi connectivity index (χ0n) is 14.3. The molecule has 0 radical (unpaired) electrons. The quantitative estimate of drug-likeness (QED) is 0.188. The molecule has 0 fully saturated rings. The highest BCUT2D eigenvalue weighted by Crippen LogP contribution is 2.34. The van der Waals surface area contributed by atoms with Gasteiger partial charge in [-0.2, -0.15) is 0 Å². The van der Waals surface area contributed by atoms with E-state index in [2.05, 4.69) is 6.92 Å². The van der Waals surface area contributed by atoms with Gasteiger partial charge in [-0.3, -0.25) is 9.59 Å². The predicted octanol–water partition coefficient (Wildman–Crippen LogP) is 6.24. The van der Waals surface area contributed by atoms with Gasteiger partial charge in [-0.15, -0.1) is 0 Å². The first-order valence-electron chi connectivity index (χ1n) is 8.45. The molecule has 25 heavy (non-hydrogen) atoms. The second-order valence-corrected chi connectivity index (χ2v) is 6.86. The molecule has 4 nitrogen and oxygen atoms in total. The predicted molar refractivity (Wildman–Crippen MR) is 101 cm³/mol. The van der Waals surface area contributed by atoms with E-state index in [0.717, 1.165) is 25.7 Å². The van der Waals surface area contributed by atoms with E-state index in [1.807, 2.05) is 0 Å². The summed E-state index contributed by atoms with van der Waals surface area (Å²) in [4.78, 5) is 23.3. The Bertz CT molecular complexity index is 552. The van der Waals surface area contributed by atoms with Crippen LogP contribution in [-0.2, 0) is 14.3 Å². The van der Waals surface area contributed by atoms with Gasteiger partial charge in [0, 0.05) is 25.0 Å². The van der Waals surface area contributed by atoms with E-state index in [9.17, 15) is 9.59 Å². The number of carbonyl (C=O) groups is 2. The average Bonchev–Trinajstić information content (AvgIpc) is 2.56. The summed E-state index contributed by atoms with van der Waals surface area (Å²) in [5.41, 5.74) is 0. The molecule has 0 aliphatic rings. The van der Waals surface area contributed by atoms with Crippen LogP contribution in [0.1, 0.15) is 58.3 Å². The molecule has 0 amide bonds. The van der Waals surface area contributed by atoms with Crippen LogP contribution in [0.3, 0.4) is 0 Å². The number of ether oxygens (including phenoxy) is 2. The minimum absolute atomic E-state index is 0.196. The van der Waals surface area contributed by atoms with Gasteiger partial charge in [0.25, 0.3) is 0 Å². The van der Waals surface area contributed by atoms with E-state index < -0.39 is 5.97 Å². The summed E-state index contributed by atoms with van der Waals surface area (Å²) >= 11 is 17.6. The maximum Gasteiger partial charge on any atom is 0.311 e. The van der Waals surface area contributed by atoms with Crippen molar-refractivity contribution in [2.45, 2.75) is 58.3 Å². The summed E-state index contributed by atoms with van der Waals surface area (Å²) in [6, 6.07) is 2.87. The summed E-state index contributed by atoms with van der Waals surface area (Å²) in [6.07, 6.45) is 5.90. The first kappa shape index (κ1) is 22.1. The average molecular weight is 410 g/mol. The van der Waals surface area contributed by atoms with Crippen molar-refractivity contribution in [3.63, 3.8) is 0 Å². The summed E-state index contributed by atoms with van der Waals surface area (Å²) in [6.45, 7) is 2.60. The zero-order chi connectivity index (χ0) is 18.7. The third-order valence-corrected chi connectivity index (χ3v) is 4.66. The molecule has 140 valence electrons. The molecule has 0 aliphatic carbocycles. The van der Waals surface area contributed by atoms with Gasteiger partial charge in [0.2, 0.25) is 0 Å². The van der Waals surface area contributed by atoms with Gasteiger partial charge in [0.1, 0.15) is 5.75 Å². The minimum Gasteiger partial charge on any atom is -0.466 e. The van der Waals surface area contributed by atoms with Crippen LogP contribution in [0.25, 0.3) is 0 Å². The van der Waals surface area contributed by atoms with Gasteiger partial charge >= 0.3 is 11.9 Å². The molecule has 0 unspecified atom stereocenters. The standard InChI is InChI=1S/C18H23Cl3O4/c1-2-3-4-7-10-24-16(22)8-5-6-9-17(23)25-13-11-14(19)18(21)15(20)12-13/h11-12H,2-10H2,1H3. The fraction of sp³-hybridized carbons (Fsp3) is 0.556. The van der Waals surface area contributed by atoms with Crippen LogP contribution in [0.15, 0.2) is 12.1 Å². The van der Waals surface area contributed by atoms with Crippen LogP contribution >= 0.6 is 34.8 Å². The molecule has 1 rings (SSSR count). The van der Waals surface area contributed by atoms with Crippen LogP contribution in [0.4, 0.5) is 0 Å². The van der Waals surface area contributed by atoms with Gasteiger partial charge in [-0.05, 0) is 19.3 Å². The maximum absolute atomic E-state index is 11.8. The molecule has 0 heterocycles. The molecule has 0 bridgehead atoms. The summed E-state index contributed by atoms with van der Waals surface area (Å²) in [5, 5.41) is 0.661. The fourth-order valence-corrected chi connectivity index (χ4v) is 2.68. The van der Waals surface area contributed by atoms with Crippen LogP contribution in [-0.4, -0.2) is 18.5 Å². The molecule has 0 spiro atoms. The lowest BCUT2D eigenvalue weighted by molar-refractivity contribution is -0.144. The summed E-state index contributed by atoms with van der Waals surface area (Å²) < 4.78 is 10.3. The van der Waals surface area contributed by atoms with Crippen molar-refractivity contribution in [3.8, 4) is 5.75 Å². The van der Waals surface area contributed by atoms with Crippen molar-refractivity contribution in [1.82, 2.24) is 0 Å². The number of benzene rings is 1. The van der Waals surface area contributed by atoms with Crippen molar-refractivity contribution < 1.29 is 19.1 Å². The fourth-order valence-electron chi connectivity index (χ4n) is 2.10. The molecular weight excluding hydrogens is 387 g/mol. The Hall–Kier alpha value is -0.970. The Morgan fingerprint density at radius 1 is 0.880 bits per heavy atom. The number of esters is 2. The van der Waals surface area contributed by atoms with Crippen LogP contribution in [0.5, 0.6) is 5.75 Å². The van der Waals surface area contributed by atoms with E-state index in [1.165, 1.54) is 12.1 Å². The highest BCUT2D eigenvalue weighted by atomic mass is 35.5. The molecule has 0 atom stereocenters. The van der Waals surface area contributed by atoms with Crippen molar-refractivity contribution in [3.05, 3.63) is 27.2 Å². The molecule has 0 saturated carbocycles. The van der Waals surface area contributed by atoms with Crippen LogP contribution in [0, 0.1) is 0 Å². The molecule has 0 N–H and O–H groups in total. The van der Waals surface area contributed by atoms with Crippen molar-refractivity contribution in [2.75, 3.05) is 6.61 Å². The first-order valence-corrected chi connectivity index (χ1v) is 9.58. The number of halogens is 3.